The number of rotatable bonds is 8. The largest absolute Gasteiger partial charge is 0.454 e. The zero-order valence-corrected chi connectivity index (χ0v) is 29.9. The summed E-state index contributed by atoms with van der Waals surface area (Å²) in [6.07, 6.45) is 2.22. The molecule has 6 rings (SSSR count). The highest BCUT2D eigenvalue weighted by atomic mass is 35.5. The van der Waals surface area contributed by atoms with Gasteiger partial charge < -0.3 is 25.0 Å². The van der Waals surface area contributed by atoms with E-state index in [2.05, 4.69) is 22.8 Å². The highest BCUT2D eigenvalue weighted by Gasteiger charge is 2.36. The molecule has 9 nitrogen and oxygen atoms in total. The van der Waals surface area contributed by atoms with Gasteiger partial charge in [-0.15, -0.1) is 0 Å². The second kappa shape index (κ2) is 16.7. The Labute approximate surface area is 309 Å². The standard InChI is InChI=1S/C42H42ClN3O6/c1-27-39(29-12-4-3-5-13-29)52-41(49)37(45-42(50)51-26-36-34-17-9-7-15-32(34)33-16-8-10-18-35(33)36)19-11-6-14-30(40(48)46(27)2)24-38(47)44-25-28-20-22-31(43)23-21-28/h3-13,15-18,20-23,27,30,36-37,39H,14,19,24-26H2,1-2H3,(H,44,47)(H,45,50)/b11-6+/t27-,30-,37-,39-/m0/s1. The summed E-state index contributed by atoms with van der Waals surface area (Å²) in [5.41, 5.74) is 5.96. The third-order valence-electron chi connectivity index (χ3n) is 9.83. The van der Waals surface area contributed by atoms with Crippen molar-refractivity contribution in [2.24, 2.45) is 5.92 Å². The van der Waals surface area contributed by atoms with Gasteiger partial charge >= 0.3 is 12.1 Å². The molecule has 1 heterocycles. The predicted octanol–water partition coefficient (Wildman–Crippen LogP) is 7.35. The van der Waals surface area contributed by atoms with E-state index in [0.29, 0.717) is 17.1 Å². The second-order valence-corrected chi connectivity index (χ2v) is 13.7. The molecule has 1 aliphatic heterocycles. The molecule has 0 fully saturated rings. The van der Waals surface area contributed by atoms with Gasteiger partial charge in [-0.3, -0.25) is 9.59 Å². The van der Waals surface area contributed by atoms with Crippen LogP contribution in [-0.2, 0) is 30.4 Å². The van der Waals surface area contributed by atoms with Gasteiger partial charge in [0, 0.05) is 31.0 Å². The Morgan fingerprint density at radius 3 is 2.13 bits per heavy atom. The van der Waals surface area contributed by atoms with E-state index in [0.717, 1.165) is 27.8 Å². The molecule has 0 bridgehead atoms. The van der Waals surface area contributed by atoms with Crippen LogP contribution in [0.5, 0.6) is 0 Å². The minimum Gasteiger partial charge on any atom is -0.454 e. The van der Waals surface area contributed by atoms with Crippen LogP contribution in [0.4, 0.5) is 4.79 Å². The summed E-state index contributed by atoms with van der Waals surface area (Å²) in [4.78, 5) is 55.6. The van der Waals surface area contributed by atoms with Crippen LogP contribution in [0, 0.1) is 5.92 Å². The van der Waals surface area contributed by atoms with Crippen LogP contribution in [0.2, 0.25) is 5.02 Å². The molecule has 0 aromatic heterocycles. The maximum Gasteiger partial charge on any atom is 0.407 e. The third-order valence-corrected chi connectivity index (χ3v) is 10.1. The first-order valence-corrected chi connectivity index (χ1v) is 17.9. The lowest BCUT2D eigenvalue weighted by Crippen LogP contribution is -2.47. The summed E-state index contributed by atoms with van der Waals surface area (Å²) < 4.78 is 11.9. The second-order valence-electron chi connectivity index (χ2n) is 13.2. The summed E-state index contributed by atoms with van der Waals surface area (Å²) >= 11 is 5.99. The van der Waals surface area contributed by atoms with Crippen LogP contribution in [0.3, 0.4) is 0 Å². The molecule has 10 heteroatoms. The minimum atomic E-state index is -1.06. The summed E-state index contributed by atoms with van der Waals surface area (Å²) in [7, 11) is 1.65. The van der Waals surface area contributed by atoms with Crippen LogP contribution in [-0.4, -0.2) is 54.5 Å². The molecule has 1 aliphatic carbocycles. The van der Waals surface area contributed by atoms with E-state index in [1.807, 2.05) is 78.9 Å². The van der Waals surface area contributed by atoms with Crippen molar-refractivity contribution < 1.29 is 28.7 Å². The van der Waals surface area contributed by atoms with Gasteiger partial charge in [0.15, 0.2) is 0 Å². The van der Waals surface area contributed by atoms with Crippen LogP contribution < -0.4 is 10.6 Å². The van der Waals surface area contributed by atoms with Gasteiger partial charge in [0.25, 0.3) is 0 Å². The number of alkyl carbamates (subject to hydrolysis) is 1. The highest BCUT2D eigenvalue weighted by molar-refractivity contribution is 6.30. The number of hydrogen-bond donors (Lipinski definition) is 2. The zero-order chi connectivity index (χ0) is 36.6. The number of nitrogens with one attached hydrogen (secondary N) is 2. The fraction of sp³-hybridized carbons (Fsp3) is 0.286. The van der Waals surface area contributed by atoms with Crippen LogP contribution >= 0.6 is 11.6 Å². The first-order chi connectivity index (χ1) is 25.2. The normalized spacial score (nSPS) is 21.1. The van der Waals surface area contributed by atoms with Crippen molar-refractivity contribution in [2.75, 3.05) is 13.7 Å². The van der Waals surface area contributed by atoms with Gasteiger partial charge in [-0.1, -0.05) is 115 Å². The quantitative estimate of drug-likeness (QED) is 0.145. The lowest BCUT2D eigenvalue weighted by molar-refractivity contribution is -0.158. The average molecular weight is 720 g/mol. The van der Waals surface area contributed by atoms with Gasteiger partial charge in [-0.25, -0.2) is 9.59 Å². The Kier molecular flexibility index (Phi) is 11.7. The van der Waals surface area contributed by atoms with E-state index in [9.17, 15) is 19.2 Å². The molecule has 0 radical (unpaired) electrons. The number of cyclic esters (lactones) is 1. The molecular weight excluding hydrogens is 678 g/mol. The number of hydrogen-bond acceptors (Lipinski definition) is 6. The Bertz CT molecular complexity index is 1890. The average Bonchev–Trinajstić information content (AvgIpc) is 3.49. The number of nitrogens with zero attached hydrogens (tertiary/aromatic N) is 1. The lowest BCUT2D eigenvalue weighted by Gasteiger charge is -2.35. The maximum atomic E-state index is 13.9. The summed E-state index contributed by atoms with van der Waals surface area (Å²) in [5.74, 6) is -1.98. The molecule has 4 atom stereocenters. The smallest absolute Gasteiger partial charge is 0.407 e. The number of halogens is 1. The monoisotopic (exact) mass is 719 g/mol. The van der Waals surface area contributed by atoms with Crippen LogP contribution in [0.15, 0.2) is 115 Å². The number of carbonyl (C=O) groups excluding carboxylic acids is 4. The summed E-state index contributed by atoms with van der Waals surface area (Å²) in [6, 6.07) is 30.8. The summed E-state index contributed by atoms with van der Waals surface area (Å²) in [5, 5.41) is 6.25. The molecule has 2 N–H and O–H groups in total. The number of esters is 1. The Morgan fingerprint density at radius 1 is 0.846 bits per heavy atom. The lowest BCUT2D eigenvalue weighted by atomic mass is 9.95. The van der Waals surface area contributed by atoms with E-state index in [4.69, 9.17) is 21.1 Å². The van der Waals surface area contributed by atoms with E-state index >= 15 is 0 Å². The Hall–Kier alpha value is -5.41. The molecule has 52 heavy (non-hydrogen) atoms. The van der Waals surface area contributed by atoms with Crippen molar-refractivity contribution in [3.63, 3.8) is 0 Å². The fourth-order valence-corrected chi connectivity index (χ4v) is 6.97. The van der Waals surface area contributed by atoms with Crippen molar-refractivity contribution >= 4 is 35.5 Å². The predicted molar refractivity (Wildman–Crippen MR) is 199 cm³/mol. The van der Waals surface area contributed by atoms with Crippen molar-refractivity contribution in [2.45, 2.75) is 56.8 Å². The van der Waals surface area contributed by atoms with Gasteiger partial charge in [0.05, 0.1) is 12.0 Å². The first kappa shape index (κ1) is 36.4. The molecule has 0 saturated heterocycles. The fourth-order valence-electron chi connectivity index (χ4n) is 6.85. The highest BCUT2D eigenvalue weighted by Crippen LogP contribution is 2.44. The van der Waals surface area contributed by atoms with Gasteiger partial charge in [-0.05, 0) is 65.3 Å². The summed E-state index contributed by atoms with van der Waals surface area (Å²) in [6.45, 7) is 2.19. The van der Waals surface area contributed by atoms with Gasteiger partial charge in [0.2, 0.25) is 11.8 Å². The number of carbonyl (C=O) groups is 4. The van der Waals surface area contributed by atoms with E-state index in [-0.39, 0.29) is 43.6 Å². The van der Waals surface area contributed by atoms with Gasteiger partial charge in [0.1, 0.15) is 18.8 Å². The number of fused-ring (bicyclic) bond motifs is 3. The first-order valence-electron chi connectivity index (χ1n) is 17.5. The van der Waals surface area contributed by atoms with E-state index in [1.165, 1.54) is 4.90 Å². The van der Waals surface area contributed by atoms with E-state index in [1.54, 1.807) is 38.3 Å². The van der Waals surface area contributed by atoms with E-state index < -0.39 is 36.2 Å². The number of ether oxygens (including phenoxy) is 2. The maximum absolute atomic E-state index is 13.9. The molecule has 4 aromatic carbocycles. The molecule has 268 valence electrons. The third kappa shape index (κ3) is 8.54. The van der Waals surface area contributed by atoms with Crippen LogP contribution in [0.1, 0.15) is 60.5 Å². The molecule has 4 aromatic rings. The van der Waals surface area contributed by atoms with Crippen molar-refractivity contribution in [1.29, 1.82) is 0 Å². The van der Waals surface area contributed by atoms with Crippen molar-refractivity contribution in [3.8, 4) is 11.1 Å². The number of benzene rings is 4. The molecule has 0 spiro atoms. The number of allylic oxidation sites excluding steroid dienone is 1. The van der Waals surface area contributed by atoms with Crippen molar-refractivity contribution in [3.05, 3.63) is 143 Å². The van der Waals surface area contributed by atoms with Gasteiger partial charge in [-0.2, -0.15) is 0 Å². The molecule has 2 aliphatic rings. The minimum absolute atomic E-state index is 0.0367. The molecule has 3 amide bonds. The zero-order valence-electron chi connectivity index (χ0n) is 29.2. The number of likely N-dealkylation sites (N-methyl/N-ethyl adjacent to an activating group) is 1. The number of amides is 3. The van der Waals surface area contributed by atoms with Crippen molar-refractivity contribution in [1.82, 2.24) is 15.5 Å². The Balaban J connectivity index is 1.18. The Morgan fingerprint density at radius 2 is 1.46 bits per heavy atom. The molecule has 0 unspecified atom stereocenters. The SMILES string of the molecule is C[C@H]1[C@@H](c2ccccc2)OC(=O)[C@@H](NC(=O)OCC2c3ccccc3-c3ccccc32)C/C=C/C[C@@H](CC(=O)NCc2ccc(Cl)cc2)C(=O)N1C. The molecule has 0 saturated carbocycles. The van der Waals surface area contributed by atoms with Crippen LogP contribution in [0.25, 0.3) is 11.1 Å². The topological polar surface area (TPSA) is 114 Å². The molecular formula is C42H42ClN3O6.